The van der Waals surface area contributed by atoms with E-state index in [0.29, 0.717) is 6.42 Å². The molecule has 1 aliphatic rings. The van der Waals surface area contributed by atoms with E-state index in [1.54, 1.807) is 12.1 Å². The molecule has 1 amide bonds. The second-order valence-electron chi connectivity index (χ2n) is 5.18. The van der Waals surface area contributed by atoms with Crippen LogP contribution in [0, 0.1) is 5.82 Å². The van der Waals surface area contributed by atoms with Gasteiger partial charge in [-0.05, 0) is 43.4 Å². The van der Waals surface area contributed by atoms with Gasteiger partial charge in [0.2, 0.25) is 5.91 Å². The predicted molar refractivity (Wildman–Crippen MR) is 71.2 cm³/mol. The molecule has 1 saturated carbocycles. The molecular formula is C15H20FNO2. The molecule has 1 atom stereocenters. The molecule has 4 heteroatoms. The van der Waals surface area contributed by atoms with Gasteiger partial charge in [0.1, 0.15) is 5.82 Å². The van der Waals surface area contributed by atoms with Crippen LogP contribution in [0.3, 0.4) is 0 Å². The molecule has 1 aromatic rings. The average Bonchev–Trinajstić information content (AvgIpc) is 3.20. The highest BCUT2D eigenvalue weighted by Gasteiger charge is 2.51. The summed E-state index contributed by atoms with van der Waals surface area (Å²) in [6.07, 6.45) is 2.98. The molecular weight excluding hydrogens is 245 g/mol. The number of aliphatic hydroxyl groups is 1. The number of amides is 1. The molecule has 0 radical (unpaired) electrons. The molecule has 1 aliphatic carbocycles. The van der Waals surface area contributed by atoms with Crippen molar-refractivity contribution < 1.29 is 14.3 Å². The largest absolute Gasteiger partial charge is 0.396 e. The Hall–Kier alpha value is -1.42. The Labute approximate surface area is 112 Å². The van der Waals surface area contributed by atoms with E-state index >= 15 is 0 Å². The maximum atomic E-state index is 12.9. The second-order valence-corrected chi connectivity index (χ2v) is 5.18. The highest BCUT2D eigenvalue weighted by Crippen LogP contribution is 2.48. The first-order chi connectivity index (χ1) is 9.12. The van der Waals surface area contributed by atoms with Gasteiger partial charge in [-0.15, -0.1) is 0 Å². The lowest BCUT2D eigenvalue weighted by Crippen LogP contribution is -2.41. The quantitative estimate of drug-likeness (QED) is 0.828. The lowest BCUT2D eigenvalue weighted by molar-refractivity contribution is -0.124. The fourth-order valence-electron chi connectivity index (χ4n) is 2.40. The Morgan fingerprint density at radius 2 is 2.05 bits per heavy atom. The fraction of sp³-hybridized carbons (Fsp3) is 0.533. The average molecular weight is 265 g/mol. The van der Waals surface area contributed by atoms with Crippen LogP contribution in [0.1, 0.15) is 38.2 Å². The minimum absolute atomic E-state index is 0.000548. The number of rotatable bonds is 6. The summed E-state index contributed by atoms with van der Waals surface area (Å²) in [5.74, 6) is -0.286. The van der Waals surface area contributed by atoms with Gasteiger partial charge >= 0.3 is 0 Å². The first kappa shape index (κ1) is 14.0. The van der Waals surface area contributed by atoms with Crippen LogP contribution in [0.2, 0.25) is 0 Å². The third-order valence-corrected chi connectivity index (χ3v) is 3.89. The van der Waals surface area contributed by atoms with Crippen LogP contribution in [0.25, 0.3) is 0 Å². The SMILES string of the molecule is CCC(CCO)NC(=O)C1(c2ccc(F)cc2)CC1. The van der Waals surface area contributed by atoms with E-state index in [2.05, 4.69) is 5.32 Å². The summed E-state index contributed by atoms with van der Waals surface area (Å²) in [7, 11) is 0. The van der Waals surface area contributed by atoms with E-state index in [-0.39, 0.29) is 24.4 Å². The minimum atomic E-state index is -0.476. The number of halogens is 1. The van der Waals surface area contributed by atoms with Crippen LogP contribution < -0.4 is 5.32 Å². The van der Waals surface area contributed by atoms with Crippen LogP contribution in [0.4, 0.5) is 4.39 Å². The number of aliphatic hydroxyl groups excluding tert-OH is 1. The van der Waals surface area contributed by atoms with Gasteiger partial charge in [0.25, 0.3) is 0 Å². The molecule has 2 rings (SSSR count). The highest BCUT2D eigenvalue weighted by molar-refractivity contribution is 5.91. The number of carbonyl (C=O) groups is 1. The van der Waals surface area contributed by atoms with Crippen LogP contribution in [-0.4, -0.2) is 23.7 Å². The van der Waals surface area contributed by atoms with Crippen molar-refractivity contribution in [1.82, 2.24) is 5.32 Å². The molecule has 0 bridgehead atoms. The first-order valence-electron chi connectivity index (χ1n) is 6.80. The summed E-state index contributed by atoms with van der Waals surface area (Å²) in [5.41, 5.74) is 0.404. The number of benzene rings is 1. The van der Waals surface area contributed by atoms with Crippen molar-refractivity contribution in [2.45, 2.75) is 44.1 Å². The molecule has 3 nitrogen and oxygen atoms in total. The topological polar surface area (TPSA) is 49.3 Å². The Morgan fingerprint density at radius 1 is 1.42 bits per heavy atom. The minimum Gasteiger partial charge on any atom is -0.396 e. The smallest absolute Gasteiger partial charge is 0.230 e. The van der Waals surface area contributed by atoms with E-state index < -0.39 is 5.41 Å². The second kappa shape index (κ2) is 5.70. The van der Waals surface area contributed by atoms with Gasteiger partial charge in [-0.3, -0.25) is 4.79 Å². The molecule has 0 heterocycles. The molecule has 2 N–H and O–H groups in total. The van der Waals surface area contributed by atoms with Crippen LogP contribution in [0.15, 0.2) is 24.3 Å². The highest BCUT2D eigenvalue weighted by atomic mass is 19.1. The Bertz CT molecular complexity index is 440. The van der Waals surface area contributed by atoms with Crippen LogP contribution in [0.5, 0.6) is 0 Å². The summed E-state index contributed by atoms with van der Waals surface area (Å²) in [6, 6.07) is 6.18. The van der Waals surface area contributed by atoms with Gasteiger partial charge in [-0.2, -0.15) is 0 Å². The molecule has 104 valence electrons. The van der Waals surface area contributed by atoms with E-state index in [1.165, 1.54) is 12.1 Å². The summed E-state index contributed by atoms with van der Waals surface area (Å²) in [6.45, 7) is 2.06. The Balaban J connectivity index is 2.07. The fourth-order valence-corrected chi connectivity index (χ4v) is 2.40. The van der Waals surface area contributed by atoms with E-state index in [0.717, 1.165) is 24.8 Å². The van der Waals surface area contributed by atoms with Gasteiger partial charge in [-0.1, -0.05) is 19.1 Å². The Kier molecular flexibility index (Phi) is 4.20. The van der Waals surface area contributed by atoms with Crippen molar-refractivity contribution in [2.24, 2.45) is 0 Å². The van der Waals surface area contributed by atoms with E-state index in [9.17, 15) is 9.18 Å². The molecule has 0 spiro atoms. The summed E-state index contributed by atoms with van der Waals surface area (Å²) in [5, 5.41) is 11.9. The molecule has 0 saturated heterocycles. The first-order valence-corrected chi connectivity index (χ1v) is 6.80. The standard InChI is InChI=1S/C15H20FNO2/c1-2-13(7-10-18)17-14(19)15(8-9-15)11-3-5-12(16)6-4-11/h3-6,13,18H,2,7-10H2,1H3,(H,17,19). The van der Waals surface area contributed by atoms with E-state index in [4.69, 9.17) is 5.11 Å². The molecule has 1 fully saturated rings. The van der Waals surface area contributed by atoms with Gasteiger partial charge < -0.3 is 10.4 Å². The van der Waals surface area contributed by atoms with Crippen LogP contribution in [-0.2, 0) is 10.2 Å². The van der Waals surface area contributed by atoms with Crippen molar-refractivity contribution in [3.05, 3.63) is 35.6 Å². The molecule has 1 aromatic carbocycles. The summed E-state index contributed by atoms with van der Waals surface area (Å²) in [4.78, 5) is 12.4. The summed E-state index contributed by atoms with van der Waals surface area (Å²) < 4.78 is 12.9. The zero-order chi connectivity index (χ0) is 13.9. The third kappa shape index (κ3) is 2.95. The predicted octanol–water partition coefficient (Wildman–Crippen LogP) is 2.13. The number of hydrogen-bond donors (Lipinski definition) is 2. The number of nitrogens with one attached hydrogen (secondary N) is 1. The van der Waals surface area contributed by atoms with Crippen molar-refractivity contribution in [3.8, 4) is 0 Å². The maximum Gasteiger partial charge on any atom is 0.230 e. The number of carbonyl (C=O) groups excluding carboxylic acids is 1. The maximum absolute atomic E-state index is 12.9. The monoisotopic (exact) mass is 265 g/mol. The molecule has 0 aliphatic heterocycles. The number of hydrogen-bond acceptors (Lipinski definition) is 2. The van der Waals surface area contributed by atoms with Crippen molar-refractivity contribution in [1.29, 1.82) is 0 Å². The van der Waals surface area contributed by atoms with Crippen LogP contribution >= 0.6 is 0 Å². The zero-order valence-corrected chi connectivity index (χ0v) is 11.2. The van der Waals surface area contributed by atoms with Gasteiger partial charge in [0.05, 0.1) is 5.41 Å². The zero-order valence-electron chi connectivity index (χ0n) is 11.2. The lowest BCUT2D eigenvalue weighted by Gasteiger charge is -2.21. The van der Waals surface area contributed by atoms with E-state index in [1.807, 2.05) is 6.92 Å². The molecule has 19 heavy (non-hydrogen) atoms. The summed E-state index contributed by atoms with van der Waals surface area (Å²) >= 11 is 0. The van der Waals surface area contributed by atoms with Gasteiger partial charge in [0.15, 0.2) is 0 Å². The molecule has 0 aromatic heterocycles. The van der Waals surface area contributed by atoms with Crippen molar-refractivity contribution >= 4 is 5.91 Å². The Morgan fingerprint density at radius 3 is 2.53 bits per heavy atom. The van der Waals surface area contributed by atoms with Gasteiger partial charge in [0, 0.05) is 12.6 Å². The normalized spacial score (nSPS) is 17.8. The third-order valence-electron chi connectivity index (χ3n) is 3.89. The van der Waals surface area contributed by atoms with Gasteiger partial charge in [-0.25, -0.2) is 4.39 Å². The molecule has 1 unspecified atom stereocenters. The lowest BCUT2D eigenvalue weighted by atomic mass is 9.94. The van der Waals surface area contributed by atoms with Crippen molar-refractivity contribution in [3.63, 3.8) is 0 Å². The van der Waals surface area contributed by atoms with Crippen molar-refractivity contribution in [2.75, 3.05) is 6.61 Å².